The van der Waals surface area contributed by atoms with Crippen LogP contribution in [-0.4, -0.2) is 31.2 Å². The summed E-state index contributed by atoms with van der Waals surface area (Å²) in [7, 11) is 0. The van der Waals surface area contributed by atoms with Gasteiger partial charge in [-0.2, -0.15) is 0 Å². The molecule has 0 spiro atoms. The zero-order valence-corrected chi connectivity index (χ0v) is 15.3. The third-order valence-corrected chi connectivity index (χ3v) is 4.87. The number of carbonyl (C=O) groups excluding carboxylic acids is 1. The topological polar surface area (TPSA) is 71.6 Å². The number of rotatable bonds is 8. The van der Waals surface area contributed by atoms with Crippen LogP contribution in [0.5, 0.6) is 11.5 Å². The van der Waals surface area contributed by atoms with Gasteiger partial charge in [0, 0.05) is 6.04 Å². The fourth-order valence-corrected chi connectivity index (χ4v) is 3.30. The molecule has 0 aromatic heterocycles. The van der Waals surface area contributed by atoms with Crippen LogP contribution in [0.25, 0.3) is 0 Å². The van der Waals surface area contributed by atoms with Gasteiger partial charge < -0.3 is 14.8 Å². The van der Waals surface area contributed by atoms with E-state index >= 15 is 0 Å². The fourth-order valence-electron chi connectivity index (χ4n) is 3.30. The number of amides is 1. The minimum Gasteiger partial charge on any atom is -0.490 e. The maximum Gasteiger partial charge on any atom is 0.239 e. The highest BCUT2D eigenvalue weighted by molar-refractivity contribution is 5.82. The summed E-state index contributed by atoms with van der Waals surface area (Å²) < 4.78 is 11.3. The number of hydrazine groups is 1. The van der Waals surface area contributed by atoms with Crippen molar-refractivity contribution >= 4 is 5.91 Å². The number of hydrogen-bond donors (Lipinski definition) is 3. The Balaban J connectivity index is 1.60. The van der Waals surface area contributed by atoms with E-state index in [0.29, 0.717) is 19.3 Å². The molecular weight excluding hydrogens is 318 g/mol. The lowest BCUT2D eigenvalue weighted by atomic mass is 10.0. The first-order valence-corrected chi connectivity index (χ1v) is 9.33. The van der Waals surface area contributed by atoms with E-state index in [1.165, 1.54) is 12.8 Å². The van der Waals surface area contributed by atoms with Gasteiger partial charge in [-0.15, -0.1) is 0 Å². The summed E-state index contributed by atoms with van der Waals surface area (Å²) >= 11 is 0. The summed E-state index contributed by atoms with van der Waals surface area (Å²) in [5.74, 6) is 2.23. The van der Waals surface area contributed by atoms with E-state index < -0.39 is 0 Å². The summed E-state index contributed by atoms with van der Waals surface area (Å²) in [4.78, 5) is 12.5. The Morgan fingerprint density at radius 2 is 1.92 bits per heavy atom. The molecule has 2 fully saturated rings. The summed E-state index contributed by atoms with van der Waals surface area (Å²) in [6.07, 6.45) is 3.41. The third-order valence-electron chi connectivity index (χ3n) is 4.87. The lowest BCUT2D eigenvalue weighted by Crippen LogP contribution is -2.44. The third kappa shape index (κ3) is 4.44. The lowest BCUT2D eigenvalue weighted by Gasteiger charge is -2.19. The predicted molar refractivity (Wildman–Crippen MR) is 96.5 cm³/mol. The van der Waals surface area contributed by atoms with Gasteiger partial charge in [0.2, 0.25) is 5.91 Å². The van der Waals surface area contributed by atoms with E-state index in [2.05, 4.69) is 16.2 Å². The summed E-state index contributed by atoms with van der Waals surface area (Å²) in [5, 5.41) is 3.10. The van der Waals surface area contributed by atoms with Crippen LogP contribution in [0.3, 0.4) is 0 Å². The van der Waals surface area contributed by atoms with Crippen molar-refractivity contribution in [2.75, 3.05) is 13.2 Å². The molecule has 1 saturated carbocycles. The zero-order valence-electron chi connectivity index (χ0n) is 15.3. The highest BCUT2D eigenvalue weighted by Crippen LogP contribution is 2.36. The Hall–Kier alpha value is -1.79. The van der Waals surface area contributed by atoms with Gasteiger partial charge in [0.15, 0.2) is 11.5 Å². The first kappa shape index (κ1) is 18.0. The molecule has 0 radical (unpaired) electrons. The molecule has 2 aliphatic rings. The molecule has 0 bridgehead atoms. The Labute approximate surface area is 149 Å². The van der Waals surface area contributed by atoms with Crippen LogP contribution in [0.15, 0.2) is 18.2 Å². The van der Waals surface area contributed by atoms with Crippen molar-refractivity contribution in [2.45, 2.75) is 58.2 Å². The molecule has 25 heavy (non-hydrogen) atoms. The molecule has 1 aromatic carbocycles. The number of benzene rings is 1. The van der Waals surface area contributed by atoms with Gasteiger partial charge in [-0.3, -0.25) is 10.2 Å². The second kappa shape index (κ2) is 8.06. The normalized spacial score (nSPS) is 24.0. The van der Waals surface area contributed by atoms with Gasteiger partial charge in [-0.05, 0) is 63.6 Å². The Bertz CT molecular complexity index is 604. The van der Waals surface area contributed by atoms with E-state index in [0.717, 1.165) is 29.4 Å². The average Bonchev–Trinajstić information content (AvgIpc) is 3.33. The van der Waals surface area contributed by atoms with Crippen LogP contribution in [-0.2, 0) is 4.79 Å². The SMILES string of the molecule is CCOc1ccc(C(C)NC(=O)C2CC(C3CC3)NN2)cc1OCC. The molecular formula is C19H29N3O3. The van der Waals surface area contributed by atoms with Gasteiger partial charge in [0.1, 0.15) is 6.04 Å². The van der Waals surface area contributed by atoms with Crippen molar-refractivity contribution in [3.8, 4) is 11.5 Å². The van der Waals surface area contributed by atoms with Crippen molar-refractivity contribution in [1.29, 1.82) is 0 Å². The highest BCUT2D eigenvalue weighted by Gasteiger charge is 2.38. The standard InChI is InChI=1S/C19H29N3O3/c1-4-24-17-9-8-14(10-18(17)25-5-2)12(3)20-19(23)16-11-15(21-22-16)13-6-7-13/h8-10,12-13,15-16,21-22H,4-7,11H2,1-3H3,(H,20,23). The van der Waals surface area contributed by atoms with Crippen molar-refractivity contribution in [1.82, 2.24) is 16.2 Å². The minimum atomic E-state index is -0.165. The maximum atomic E-state index is 12.5. The van der Waals surface area contributed by atoms with Crippen LogP contribution in [0.1, 0.15) is 51.6 Å². The van der Waals surface area contributed by atoms with E-state index in [1.807, 2.05) is 39.0 Å². The van der Waals surface area contributed by atoms with E-state index in [-0.39, 0.29) is 18.0 Å². The molecule has 6 nitrogen and oxygen atoms in total. The first-order valence-electron chi connectivity index (χ1n) is 9.33. The molecule has 3 unspecified atom stereocenters. The Morgan fingerprint density at radius 1 is 1.20 bits per heavy atom. The van der Waals surface area contributed by atoms with Gasteiger partial charge in [0.05, 0.1) is 19.3 Å². The van der Waals surface area contributed by atoms with Gasteiger partial charge in [-0.1, -0.05) is 6.07 Å². The monoisotopic (exact) mass is 347 g/mol. The summed E-state index contributed by atoms with van der Waals surface area (Å²) in [6.45, 7) is 7.05. The number of hydrogen-bond acceptors (Lipinski definition) is 5. The molecule has 3 atom stereocenters. The molecule has 1 aromatic rings. The molecule has 1 saturated heterocycles. The van der Waals surface area contributed by atoms with Crippen LogP contribution in [0, 0.1) is 5.92 Å². The highest BCUT2D eigenvalue weighted by atomic mass is 16.5. The molecule has 6 heteroatoms. The van der Waals surface area contributed by atoms with Gasteiger partial charge >= 0.3 is 0 Å². The number of nitrogens with one attached hydrogen (secondary N) is 3. The van der Waals surface area contributed by atoms with E-state index in [1.54, 1.807) is 0 Å². The van der Waals surface area contributed by atoms with Gasteiger partial charge in [0.25, 0.3) is 0 Å². The van der Waals surface area contributed by atoms with Crippen molar-refractivity contribution in [3.05, 3.63) is 23.8 Å². The van der Waals surface area contributed by atoms with Crippen LogP contribution in [0.4, 0.5) is 0 Å². The van der Waals surface area contributed by atoms with Crippen LogP contribution >= 0.6 is 0 Å². The summed E-state index contributed by atoms with van der Waals surface area (Å²) in [6, 6.07) is 6.01. The van der Waals surface area contributed by atoms with E-state index in [4.69, 9.17) is 9.47 Å². The zero-order chi connectivity index (χ0) is 17.8. The number of carbonyl (C=O) groups is 1. The first-order chi connectivity index (χ1) is 12.1. The quantitative estimate of drug-likeness (QED) is 0.673. The Kier molecular flexibility index (Phi) is 5.81. The fraction of sp³-hybridized carbons (Fsp3) is 0.632. The molecule has 1 aliphatic heterocycles. The largest absolute Gasteiger partial charge is 0.490 e. The molecule has 3 N–H and O–H groups in total. The van der Waals surface area contributed by atoms with Crippen LogP contribution < -0.4 is 25.6 Å². The summed E-state index contributed by atoms with van der Waals surface area (Å²) in [5.41, 5.74) is 7.40. The second-order valence-corrected chi connectivity index (χ2v) is 6.82. The van der Waals surface area contributed by atoms with E-state index in [9.17, 15) is 4.79 Å². The van der Waals surface area contributed by atoms with Gasteiger partial charge in [-0.25, -0.2) is 5.43 Å². The average molecular weight is 347 g/mol. The second-order valence-electron chi connectivity index (χ2n) is 6.82. The molecule has 1 aliphatic carbocycles. The lowest BCUT2D eigenvalue weighted by molar-refractivity contribution is -0.123. The number of ether oxygens (including phenoxy) is 2. The Morgan fingerprint density at radius 3 is 2.60 bits per heavy atom. The maximum absolute atomic E-state index is 12.5. The van der Waals surface area contributed by atoms with Crippen molar-refractivity contribution < 1.29 is 14.3 Å². The molecule has 1 heterocycles. The smallest absolute Gasteiger partial charge is 0.239 e. The predicted octanol–water partition coefficient (Wildman–Crippen LogP) is 2.31. The van der Waals surface area contributed by atoms with Crippen molar-refractivity contribution in [3.63, 3.8) is 0 Å². The molecule has 1 amide bonds. The molecule has 138 valence electrons. The minimum absolute atomic E-state index is 0.0370. The van der Waals surface area contributed by atoms with Crippen LogP contribution in [0.2, 0.25) is 0 Å². The van der Waals surface area contributed by atoms with Crippen molar-refractivity contribution in [2.24, 2.45) is 5.92 Å². The molecule has 3 rings (SSSR count).